The summed E-state index contributed by atoms with van der Waals surface area (Å²) < 4.78 is 0. The highest BCUT2D eigenvalue weighted by Gasteiger charge is 2.36. The molecule has 2 aromatic heterocycles. The molecule has 2 aromatic rings. The van der Waals surface area contributed by atoms with E-state index in [1.807, 2.05) is 5.38 Å². The minimum atomic E-state index is -0.270. The molecule has 3 N–H and O–H groups in total. The Morgan fingerprint density at radius 3 is 2.54 bits per heavy atom. The number of aromatic amines is 1. The molecule has 24 heavy (non-hydrogen) atoms. The van der Waals surface area contributed by atoms with Crippen LogP contribution < -0.4 is 10.6 Å². The Morgan fingerprint density at radius 2 is 1.92 bits per heavy atom. The molecule has 0 radical (unpaired) electrons. The molecule has 0 atom stereocenters. The number of nitrogens with one attached hydrogen (secondary N) is 3. The van der Waals surface area contributed by atoms with E-state index in [1.165, 1.54) is 17.8 Å². The van der Waals surface area contributed by atoms with Gasteiger partial charge in [-0.25, -0.2) is 4.98 Å². The lowest BCUT2D eigenvalue weighted by atomic mass is 9.69. The van der Waals surface area contributed by atoms with Gasteiger partial charge in [0.15, 0.2) is 5.13 Å². The Hall–Kier alpha value is -2.22. The normalized spacial score (nSPS) is 16.5. The highest BCUT2D eigenvalue weighted by molar-refractivity contribution is 7.13. The maximum absolute atomic E-state index is 12.4. The minimum absolute atomic E-state index is 0.0667. The number of nitrogens with zero attached hydrogens (tertiary/aromatic N) is 2. The van der Waals surface area contributed by atoms with Crippen LogP contribution in [0.15, 0.2) is 24.0 Å². The number of thiazole rings is 1. The average Bonchev–Trinajstić information content (AvgIpc) is 3.21. The zero-order valence-corrected chi connectivity index (χ0v) is 14.2. The quantitative estimate of drug-likeness (QED) is 0.747. The summed E-state index contributed by atoms with van der Waals surface area (Å²) in [5, 5.41) is 14.6. The predicted molar refractivity (Wildman–Crippen MR) is 92.7 cm³/mol. The molecular formula is C16H21N5O2S. The average molecular weight is 347 g/mol. The van der Waals surface area contributed by atoms with Crippen LogP contribution in [0.4, 0.5) is 10.8 Å². The fourth-order valence-electron chi connectivity index (χ4n) is 3.37. The lowest BCUT2D eigenvalue weighted by Crippen LogP contribution is -2.34. The molecule has 3 rings (SSSR count). The molecule has 0 aliphatic heterocycles. The van der Waals surface area contributed by atoms with Crippen LogP contribution in [0.5, 0.6) is 0 Å². The zero-order valence-electron chi connectivity index (χ0n) is 13.4. The Labute approximate surface area is 144 Å². The van der Waals surface area contributed by atoms with E-state index < -0.39 is 0 Å². The summed E-state index contributed by atoms with van der Waals surface area (Å²) in [4.78, 5) is 28.9. The Bertz CT molecular complexity index is 610. The van der Waals surface area contributed by atoms with Crippen molar-refractivity contribution in [3.05, 3.63) is 24.0 Å². The van der Waals surface area contributed by atoms with E-state index in [9.17, 15) is 9.59 Å². The fraction of sp³-hybridized carbons (Fsp3) is 0.500. The second-order valence-corrected chi connectivity index (χ2v) is 7.23. The number of H-pyrrole nitrogens is 1. The van der Waals surface area contributed by atoms with Crippen molar-refractivity contribution in [3.8, 4) is 0 Å². The first-order valence-electron chi connectivity index (χ1n) is 8.13. The summed E-state index contributed by atoms with van der Waals surface area (Å²) in [6.07, 6.45) is 10.7. The summed E-state index contributed by atoms with van der Waals surface area (Å²) in [7, 11) is 0. The zero-order chi connectivity index (χ0) is 16.8. The summed E-state index contributed by atoms with van der Waals surface area (Å²) in [6.45, 7) is 0. The minimum Gasteiger partial charge on any atom is -0.323 e. The van der Waals surface area contributed by atoms with Gasteiger partial charge in [0, 0.05) is 30.6 Å². The van der Waals surface area contributed by atoms with E-state index in [2.05, 4.69) is 25.8 Å². The van der Waals surface area contributed by atoms with E-state index in [4.69, 9.17) is 0 Å². The first kappa shape index (κ1) is 16.6. The molecule has 0 unspecified atom stereocenters. The second-order valence-electron chi connectivity index (χ2n) is 6.33. The van der Waals surface area contributed by atoms with Crippen molar-refractivity contribution in [1.82, 2.24) is 15.2 Å². The SMILES string of the molecule is O=C(CC1(CC(=O)Nc2nccs2)CCCCC1)Nc1cn[nH]c1. The molecule has 8 heteroatoms. The van der Waals surface area contributed by atoms with Crippen LogP contribution in [-0.2, 0) is 9.59 Å². The molecular weight excluding hydrogens is 326 g/mol. The lowest BCUT2D eigenvalue weighted by Gasteiger charge is -2.36. The topological polar surface area (TPSA) is 99.8 Å². The van der Waals surface area contributed by atoms with Gasteiger partial charge < -0.3 is 10.6 Å². The van der Waals surface area contributed by atoms with Crippen molar-refractivity contribution in [2.24, 2.45) is 5.41 Å². The van der Waals surface area contributed by atoms with Crippen LogP contribution in [0.2, 0.25) is 0 Å². The summed E-state index contributed by atoms with van der Waals surface area (Å²) >= 11 is 1.40. The molecule has 7 nitrogen and oxygen atoms in total. The van der Waals surface area contributed by atoms with E-state index in [0.29, 0.717) is 23.7 Å². The molecule has 0 bridgehead atoms. The van der Waals surface area contributed by atoms with E-state index in [-0.39, 0.29) is 17.2 Å². The van der Waals surface area contributed by atoms with Gasteiger partial charge >= 0.3 is 0 Å². The summed E-state index contributed by atoms with van der Waals surface area (Å²) in [5.74, 6) is -0.136. The van der Waals surface area contributed by atoms with Crippen molar-refractivity contribution < 1.29 is 9.59 Å². The molecule has 1 aliphatic rings. The first-order chi connectivity index (χ1) is 11.7. The third-order valence-electron chi connectivity index (χ3n) is 4.45. The van der Waals surface area contributed by atoms with Crippen LogP contribution in [0, 0.1) is 5.41 Å². The van der Waals surface area contributed by atoms with Crippen LogP contribution >= 0.6 is 11.3 Å². The van der Waals surface area contributed by atoms with Gasteiger partial charge in [0.1, 0.15) is 0 Å². The van der Waals surface area contributed by atoms with Crippen molar-refractivity contribution in [2.45, 2.75) is 44.9 Å². The van der Waals surface area contributed by atoms with Gasteiger partial charge in [-0.05, 0) is 18.3 Å². The van der Waals surface area contributed by atoms with Crippen molar-refractivity contribution in [1.29, 1.82) is 0 Å². The highest BCUT2D eigenvalue weighted by Crippen LogP contribution is 2.42. The number of carbonyl (C=O) groups is 2. The summed E-state index contributed by atoms with van der Waals surface area (Å²) in [6, 6.07) is 0. The number of aromatic nitrogens is 3. The van der Waals surface area contributed by atoms with Crippen LogP contribution in [-0.4, -0.2) is 27.0 Å². The number of amides is 2. The Balaban J connectivity index is 1.63. The van der Waals surface area contributed by atoms with Gasteiger partial charge in [0.05, 0.1) is 11.9 Å². The van der Waals surface area contributed by atoms with Crippen molar-refractivity contribution in [3.63, 3.8) is 0 Å². The van der Waals surface area contributed by atoms with E-state index in [0.717, 1.165) is 25.7 Å². The van der Waals surface area contributed by atoms with Crippen molar-refractivity contribution >= 4 is 34.0 Å². The molecule has 0 spiro atoms. The van der Waals surface area contributed by atoms with Gasteiger partial charge in [-0.1, -0.05) is 19.3 Å². The standard InChI is InChI=1S/C16H21N5O2S/c22-13(20-12-10-18-19-11-12)8-16(4-2-1-3-5-16)9-14(23)21-15-17-6-7-24-15/h6-7,10-11H,1-5,8-9H2,(H,18,19)(H,20,22)(H,17,21,23). The van der Waals surface area contributed by atoms with Crippen LogP contribution in [0.25, 0.3) is 0 Å². The highest BCUT2D eigenvalue weighted by atomic mass is 32.1. The maximum Gasteiger partial charge on any atom is 0.226 e. The largest absolute Gasteiger partial charge is 0.323 e. The monoisotopic (exact) mass is 347 g/mol. The molecule has 2 amide bonds. The molecule has 0 aromatic carbocycles. The Kier molecular flexibility index (Phi) is 5.24. The number of rotatable bonds is 6. The summed E-state index contributed by atoms with van der Waals surface area (Å²) in [5.41, 5.74) is 0.381. The van der Waals surface area contributed by atoms with Crippen molar-refractivity contribution in [2.75, 3.05) is 10.6 Å². The number of hydrogen-bond acceptors (Lipinski definition) is 5. The number of hydrogen-bond donors (Lipinski definition) is 3. The van der Waals surface area contributed by atoms with Gasteiger partial charge in [0.2, 0.25) is 11.8 Å². The molecule has 1 saturated carbocycles. The fourth-order valence-corrected chi connectivity index (χ4v) is 3.92. The van der Waals surface area contributed by atoms with Gasteiger partial charge in [0.25, 0.3) is 0 Å². The molecule has 1 aliphatic carbocycles. The smallest absolute Gasteiger partial charge is 0.226 e. The Morgan fingerprint density at radius 1 is 1.17 bits per heavy atom. The first-order valence-corrected chi connectivity index (χ1v) is 9.01. The third-order valence-corrected chi connectivity index (χ3v) is 5.13. The van der Waals surface area contributed by atoms with Gasteiger partial charge in [-0.2, -0.15) is 5.10 Å². The molecule has 1 fully saturated rings. The number of anilines is 2. The lowest BCUT2D eigenvalue weighted by molar-refractivity contribution is -0.122. The van der Waals surface area contributed by atoms with Crippen LogP contribution in [0.1, 0.15) is 44.9 Å². The van der Waals surface area contributed by atoms with Gasteiger partial charge in [-0.15, -0.1) is 11.3 Å². The molecule has 128 valence electrons. The van der Waals surface area contributed by atoms with E-state index >= 15 is 0 Å². The maximum atomic E-state index is 12.4. The van der Waals surface area contributed by atoms with Gasteiger partial charge in [-0.3, -0.25) is 14.7 Å². The second kappa shape index (κ2) is 7.57. The molecule has 2 heterocycles. The molecule has 0 saturated heterocycles. The third kappa shape index (κ3) is 4.41. The predicted octanol–water partition coefficient (Wildman–Crippen LogP) is 3.17. The van der Waals surface area contributed by atoms with Crippen LogP contribution in [0.3, 0.4) is 0 Å². The van der Waals surface area contributed by atoms with E-state index in [1.54, 1.807) is 18.6 Å². The number of carbonyl (C=O) groups excluding carboxylic acids is 2.